The van der Waals surface area contributed by atoms with Crippen LogP contribution >= 0.6 is 0 Å². The maximum Gasteiger partial charge on any atom is 0.150 e. The van der Waals surface area contributed by atoms with E-state index in [-0.39, 0.29) is 6.04 Å². The molecule has 0 saturated carbocycles. The van der Waals surface area contributed by atoms with Crippen LogP contribution in [-0.2, 0) is 0 Å². The maximum atomic E-state index is 5.89. The summed E-state index contributed by atoms with van der Waals surface area (Å²) in [7, 11) is 0. The fraction of sp³-hybridized carbons (Fsp3) is 0.417. The molecule has 0 spiro atoms. The molecule has 15 heavy (non-hydrogen) atoms. The molecule has 0 radical (unpaired) electrons. The molecule has 1 atom stereocenters. The molecule has 0 saturated heterocycles. The summed E-state index contributed by atoms with van der Waals surface area (Å²) in [6.45, 7) is 4.05. The summed E-state index contributed by atoms with van der Waals surface area (Å²) in [4.78, 5) is 4.18. The number of hydrogen-bond donors (Lipinski definition) is 2. The van der Waals surface area contributed by atoms with Crippen molar-refractivity contribution in [1.29, 1.82) is 0 Å². The number of nitrogens with one attached hydrogen (secondary N) is 1. The van der Waals surface area contributed by atoms with E-state index in [0.717, 1.165) is 18.4 Å². The molecule has 0 aromatic carbocycles. The molecule has 0 amide bonds. The molecule has 1 heterocycles. The van der Waals surface area contributed by atoms with Crippen LogP contribution in [0.2, 0.25) is 0 Å². The Balaban J connectivity index is 2.80. The lowest BCUT2D eigenvalue weighted by molar-refractivity contribution is 0.753. The standard InChI is InChI=1S/C12H17N3/c1-4-6-10(5-2)15-12-11(13)9(3)7-8-14-12/h2,7-8,10H,4,6,13H2,1,3H3,(H,14,15). The third-order valence-electron chi connectivity index (χ3n) is 2.30. The van der Waals surface area contributed by atoms with Gasteiger partial charge in [0.2, 0.25) is 0 Å². The molecule has 1 rings (SSSR count). The van der Waals surface area contributed by atoms with Gasteiger partial charge >= 0.3 is 0 Å². The largest absolute Gasteiger partial charge is 0.396 e. The molecule has 3 heteroatoms. The summed E-state index contributed by atoms with van der Waals surface area (Å²) in [5.74, 6) is 3.38. The molecular formula is C12H17N3. The number of anilines is 2. The number of pyridine rings is 1. The van der Waals surface area contributed by atoms with Crippen LogP contribution in [0.25, 0.3) is 0 Å². The minimum atomic E-state index is 0.00611. The van der Waals surface area contributed by atoms with Crippen molar-refractivity contribution >= 4 is 11.5 Å². The lowest BCUT2D eigenvalue weighted by Crippen LogP contribution is -2.18. The summed E-state index contributed by atoms with van der Waals surface area (Å²) >= 11 is 0. The second kappa shape index (κ2) is 5.26. The fourth-order valence-electron chi connectivity index (χ4n) is 1.34. The molecular weight excluding hydrogens is 186 g/mol. The van der Waals surface area contributed by atoms with E-state index < -0.39 is 0 Å². The monoisotopic (exact) mass is 203 g/mol. The normalized spacial score (nSPS) is 11.8. The number of aromatic nitrogens is 1. The molecule has 3 N–H and O–H groups in total. The van der Waals surface area contributed by atoms with Crippen molar-refractivity contribution in [3.05, 3.63) is 17.8 Å². The number of nitrogens with zero attached hydrogens (tertiary/aromatic N) is 1. The highest BCUT2D eigenvalue weighted by Gasteiger charge is 2.07. The van der Waals surface area contributed by atoms with Crippen molar-refractivity contribution in [2.24, 2.45) is 0 Å². The Bertz CT molecular complexity index is 366. The van der Waals surface area contributed by atoms with E-state index in [1.165, 1.54) is 0 Å². The first kappa shape index (κ1) is 11.4. The van der Waals surface area contributed by atoms with Gasteiger partial charge in [0.05, 0.1) is 11.7 Å². The SMILES string of the molecule is C#CC(CCC)Nc1nccc(C)c1N. The van der Waals surface area contributed by atoms with E-state index in [1.807, 2.05) is 13.0 Å². The van der Waals surface area contributed by atoms with E-state index in [9.17, 15) is 0 Å². The molecule has 1 aromatic rings. The Hall–Kier alpha value is -1.69. The lowest BCUT2D eigenvalue weighted by Gasteiger charge is -2.14. The second-order valence-electron chi connectivity index (χ2n) is 3.54. The van der Waals surface area contributed by atoms with Gasteiger partial charge in [0, 0.05) is 6.20 Å². The molecule has 3 nitrogen and oxygen atoms in total. The van der Waals surface area contributed by atoms with Crippen LogP contribution in [0.4, 0.5) is 11.5 Å². The van der Waals surface area contributed by atoms with Crippen LogP contribution < -0.4 is 11.1 Å². The number of terminal acetylenes is 1. The van der Waals surface area contributed by atoms with E-state index in [4.69, 9.17) is 12.2 Å². The molecule has 80 valence electrons. The highest BCUT2D eigenvalue weighted by Crippen LogP contribution is 2.20. The van der Waals surface area contributed by atoms with Crippen molar-refractivity contribution in [3.8, 4) is 12.3 Å². The molecule has 0 aliphatic heterocycles. The number of rotatable bonds is 4. The highest BCUT2D eigenvalue weighted by molar-refractivity contribution is 5.65. The van der Waals surface area contributed by atoms with Gasteiger partial charge in [0.1, 0.15) is 5.82 Å². The highest BCUT2D eigenvalue weighted by atomic mass is 15.0. The predicted molar refractivity (Wildman–Crippen MR) is 64.5 cm³/mol. The van der Waals surface area contributed by atoms with Gasteiger partial charge in [-0.1, -0.05) is 19.3 Å². The third-order valence-corrected chi connectivity index (χ3v) is 2.30. The smallest absolute Gasteiger partial charge is 0.150 e. The summed E-state index contributed by atoms with van der Waals surface area (Å²) in [6, 6.07) is 1.89. The molecule has 1 unspecified atom stereocenters. The van der Waals surface area contributed by atoms with Crippen molar-refractivity contribution in [2.75, 3.05) is 11.1 Å². The molecule has 1 aromatic heterocycles. The average molecular weight is 203 g/mol. The van der Waals surface area contributed by atoms with E-state index >= 15 is 0 Å². The maximum absolute atomic E-state index is 5.89. The molecule has 0 aliphatic carbocycles. The predicted octanol–water partition coefficient (Wildman–Crippen LogP) is 2.19. The molecule has 0 bridgehead atoms. The number of nitrogen functional groups attached to an aromatic ring is 1. The topological polar surface area (TPSA) is 50.9 Å². The first-order valence-electron chi connectivity index (χ1n) is 5.12. The fourth-order valence-corrected chi connectivity index (χ4v) is 1.34. The minimum Gasteiger partial charge on any atom is -0.396 e. The van der Waals surface area contributed by atoms with Crippen molar-refractivity contribution < 1.29 is 0 Å². The second-order valence-corrected chi connectivity index (χ2v) is 3.54. The van der Waals surface area contributed by atoms with E-state index in [0.29, 0.717) is 11.5 Å². The first-order valence-corrected chi connectivity index (χ1v) is 5.12. The van der Waals surface area contributed by atoms with Crippen LogP contribution in [0.5, 0.6) is 0 Å². The van der Waals surface area contributed by atoms with E-state index in [1.54, 1.807) is 6.20 Å². The summed E-state index contributed by atoms with van der Waals surface area (Å²) in [6.07, 6.45) is 9.10. The van der Waals surface area contributed by atoms with Gasteiger partial charge in [-0.3, -0.25) is 0 Å². The summed E-state index contributed by atoms with van der Waals surface area (Å²) < 4.78 is 0. The van der Waals surface area contributed by atoms with Gasteiger partial charge in [-0.2, -0.15) is 0 Å². The Morgan fingerprint density at radius 1 is 1.67 bits per heavy atom. The quantitative estimate of drug-likeness (QED) is 0.737. The summed E-state index contributed by atoms with van der Waals surface area (Å²) in [5, 5.41) is 3.17. The Morgan fingerprint density at radius 3 is 3.00 bits per heavy atom. The Morgan fingerprint density at radius 2 is 2.40 bits per heavy atom. The summed E-state index contributed by atoms with van der Waals surface area (Å²) in [5.41, 5.74) is 7.58. The zero-order valence-electron chi connectivity index (χ0n) is 9.25. The van der Waals surface area contributed by atoms with Gasteiger partial charge < -0.3 is 11.1 Å². The number of hydrogen-bond acceptors (Lipinski definition) is 3. The van der Waals surface area contributed by atoms with Crippen LogP contribution in [0.3, 0.4) is 0 Å². The lowest BCUT2D eigenvalue weighted by atomic mass is 10.1. The zero-order valence-corrected chi connectivity index (χ0v) is 9.25. The van der Waals surface area contributed by atoms with Gasteiger partial charge in [0.15, 0.2) is 0 Å². The first-order chi connectivity index (χ1) is 7.19. The van der Waals surface area contributed by atoms with Crippen molar-refractivity contribution in [1.82, 2.24) is 4.98 Å². The average Bonchev–Trinajstić information content (AvgIpc) is 2.24. The van der Waals surface area contributed by atoms with Crippen LogP contribution in [0, 0.1) is 19.3 Å². The van der Waals surface area contributed by atoms with E-state index in [2.05, 4.69) is 23.1 Å². The Kier molecular flexibility index (Phi) is 3.99. The third kappa shape index (κ3) is 2.88. The van der Waals surface area contributed by atoms with Crippen molar-refractivity contribution in [3.63, 3.8) is 0 Å². The van der Waals surface area contributed by atoms with Gasteiger partial charge in [-0.15, -0.1) is 6.42 Å². The van der Waals surface area contributed by atoms with Crippen LogP contribution in [-0.4, -0.2) is 11.0 Å². The van der Waals surface area contributed by atoms with Gasteiger partial charge in [-0.05, 0) is 25.0 Å². The molecule has 0 aliphatic rings. The minimum absolute atomic E-state index is 0.00611. The number of aryl methyl sites for hydroxylation is 1. The van der Waals surface area contributed by atoms with Gasteiger partial charge in [0.25, 0.3) is 0 Å². The Labute approximate surface area is 91.1 Å². The number of nitrogens with two attached hydrogens (primary N) is 1. The van der Waals surface area contributed by atoms with Crippen LogP contribution in [0.1, 0.15) is 25.3 Å². The molecule has 0 fully saturated rings. The van der Waals surface area contributed by atoms with Gasteiger partial charge in [-0.25, -0.2) is 4.98 Å². The zero-order chi connectivity index (χ0) is 11.3. The van der Waals surface area contributed by atoms with Crippen molar-refractivity contribution in [2.45, 2.75) is 32.7 Å². The van der Waals surface area contributed by atoms with Crippen LogP contribution in [0.15, 0.2) is 12.3 Å².